The summed E-state index contributed by atoms with van der Waals surface area (Å²) in [6.45, 7) is 3.57. The molecule has 0 fully saturated rings. The Morgan fingerprint density at radius 1 is 1.07 bits per heavy atom. The number of nitrogens with zero attached hydrogens (tertiary/aromatic N) is 5. The van der Waals surface area contributed by atoms with E-state index in [0.717, 1.165) is 22.3 Å². The number of allylic oxidation sites excluding steroid dienone is 2. The number of rotatable bonds is 12. The van der Waals surface area contributed by atoms with Crippen LogP contribution in [-0.4, -0.2) is 66.9 Å². The molecule has 0 saturated carbocycles. The number of nitriles is 1. The van der Waals surface area contributed by atoms with Crippen molar-refractivity contribution in [2.45, 2.75) is 30.4 Å². The molecule has 1 aromatic carbocycles. The highest BCUT2D eigenvalue weighted by atomic mass is 35.5. The molecule has 1 aliphatic rings. The van der Waals surface area contributed by atoms with Crippen molar-refractivity contribution in [2.24, 2.45) is 0 Å². The van der Waals surface area contributed by atoms with Gasteiger partial charge in [0.05, 0.1) is 18.8 Å². The molecule has 0 spiro atoms. The molecule has 12 heteroatoms. The molecule has 2 unspecified atom stereocenters. The fraction of sp³-hybridized carbons (Fsp3) is 0.281. The molecule has 0 radical (unpaired) electrons. The Hall–Kier alpha value is -4.44. The zero-order chi connectivity index (χ0) is 31.2. The first-order valence-electron chi connectivity index (χ1n) is 14.2. The molecule has 3 heterocycles. The van der Waals surface area contributed by atoms with Gasteiger partial charge in [0.2, 0.25) is 0 Å². The third-order valence-corrected chi connectivity index (χ3v) is 8.01. The summed E-state index contributed by atoms with van der Waals surface area (Å²) in [4.78, 5) is 21.7. The maximum atomic E-state index is 13.9. The Morgan fingerprint density at radius 2 is 1.80 bits per heavy atom. The monoisotopic (exact) mass is 612 g/mol. The smallest absolute Gasteiger partial charge is 0.270 e. The SMILES string of the molecule is CC1(Cl)C(c2ccccc2)=CC=CC1(NC(=O)c1ccc(CNCCO)cn1)c1nc2c(C#N)cc(CNCCO)cn2n1. The highest BCUT2D eigenvalue weighted by Gasteiger charge is 2.54. The molecule has 44 heavy (non-hydrogen) atoms. The van der Waals surface area contributed by atoms with Crippen LogP contribution in [0.25, 0.3) is 11.2 Å². The number of pyridine rings is 2. The first-order chi connectivity index (χ1) is 21.3. The number of carbonyl (C=O) groups is 1. The van der Waals surface area contributed by atoms with Crippen LogP contribution in [0.2, 0.25) is 0 Å². The van der Waals surface area contributed by atoms with Crippen LogP contribution in [0.4, 0.5) is 0 Å². The lowest BCUT2D eigenvalue weighted by Gasteiger charge is -2.44. The van der Waals surface area contributed by atoms with E-state index in [0.29, 0.717) is 37.4 Å². The summed E-state index contributed by atoms with van der Waals surface area (Å²) in [5.74, 6) is -0.290. The van der Waals surface area contributed by atoms with E-state index in [9.17, 15) is 10.1 Å². The van der Waals surface area contributed by atoms with Crippen molar-refractivity contribution in [3.05, 3.63) is 113 Å². The molecule has 1 amide bonds. The average Bonchev–Trinajstić information content (AvgIpc) is 3.47. The lowest BCUT2D eigenvalue weighted by molar-refractivity contribution is 0.0897. The topological polar surface area (TPSA) is 160 Å². The number of carbonyl (C=O) groups excluding carboxylic acids is 1. The zero-order valence-electron chi connectivity index (χ0n) is 24.2. The predicted octanol–water partition coefficient (Wildman–Crippen LogP) is 2.44. The van der Waals surface area contributed by atoms with Crippen LogP contribution in [0, 0.1) is 11.3 Å². The van der Waals surface area contributed by atoms with Gasteiger partial charge in [-0.3, -0.25) is 9.78 Å². The summed E-state index contributed by atoms with van der Waals surface area (Å²) < 4.78 is 1.52. The number of benzene rings is 1. The minimum atomic E-state index is -1.46. The second kappa shape index (κ2) is 13.5. The summed E-state index contributed by atoms with van der Waals surface area (Å²) >= 11 is 7.50. The fourth-order valence-corrected chi connectivity index (χ4v) is 5.58. The van der Waals surface area contributed by atoms with Crippen molar-refractivity contribution in [2.75, 3.05) is 26.3 Å². The van der Waals surface area contributed by atoms with Crippen molar-refractivity contribution in [1.29, 1.82) is 5.26 Å². The summed E-state index contributed by atoms with van der Waals surface area (Å²) in [5, 5.41) is 42.2. The number of hydrogen-bond donors (Lipinski definition) is 5. The van der Waals surface area contributed by atoms with Gasteiger partial charge in [-0.25, -0.2) is 9.50 Å². The number of alkyl halides is 1. The predicted molar refractivity (Wildman–Crippen MR) is 166 cm³/mol. The molecule has 3 aromatic heterocycles. The number of fused-ring (bicyclic) bond motifs is 1. The van der Waals surface area contributed by atoms with Crippen LogP contribution in [0.3, 0.4) is 0 Å². The van der Waals surface area contributed by atoms with E-state index in [1.165, 1.54) is 4.52 Å². The third-order valence-electron chi connectivity index (χ3n) is 7.51. The first-order valence-corrected chi connectivity index (χ1v) is 14.6. The molecule has 4 aromatic rings. The Morgan fingerprint density at radius 3 is 2.45 bits per heavy atom. The van der Waals surface area contributed by atoms with Crippen LogP contribution in [0.1, 0.15) is 45.5 Å². The van der Waals surface area contributed by atoms with Gasteiger partial charge in [-0.15, -0.1) is 16.7 Å². The fourth-order valence-electron chi connectivity index (χ4n) is 5.22. The molecule has 2 atom stereocenters. The molecule has 5 N–H and O–H groups in total. The van der Waals surface area contributed by atoms with Crippen LogP contribution < -0.4 is 16.0 Å². The van der Waals surface area contributed by atoms with E-state index in [2.05, 4.69) is 27.0 Å². The van der Waals surface area contributed by atoms with Gasteiger partial charge in [-0.1, -0.05) is 48.6 Å². The number of nitrogens with one attached hydrogen (secondary N) is 3. The summed E-state index contributed by atoms with van der Waals surface area (Å²) in [7, 11) is 0. The second-order valence-corrected chi connectivity index (χ2v) is 11.3. The summed E-state index contributed by atoms with van der Waals surface area (Å²) in [5.41, 5.74) is 2.57. The van der Waals surface area contributed by atoms with Crippen LogP contribution >= 0.6 is 11.6 Å². The molecular weight excluding hydrogens is 580 g/mol. The van der Waals surface area contributed by atoms with E-state index < -0.39 is 16.3 Å². The van der Waals surface area contributed by atoms with E-state index in [-0.39, 0.29) is 24.7 Å². The number of amides is 1. The second-order valence-electron chi connectivity index (χ2n) is 10.5. The van der Waals surface area contributed by atoms with E-state index in [1.54, 1.807) is 36.7 Å². The number of aromatic nitrogens is 4. The van der Waals surface area contributed by atoms with Gasteiger partial charge >= 0.3 is 0 Å². The summed E-state index contributed by atoms with van der Waals surface area (Å²) in [6.07, 6.45) is 8.84. The van der Waals surface area contributed by atoms with Crippen molar-refractivity contribution in [3.63, 3.8) is 0 Å². The Labute approximate surface area is 259 Å². The van der Waals surface area contributed by atoms with Crippen molar-refractivity contribution < 1.29 is 15.0 Å². The minimum Gasteiger partial charge on any atom is -0.395 e. The lowest BCUT2D eigenvalue weighted by Crippen LogP contribution is -2.58. The van der Waals surface area contributed by atoms with E-state index >= 15 is 0 Å². The average molecular weight is 613 g/mol. The van der Waals surface area contributed by atoms with E-state index in [4.69, 9.17) is 31.9 Å². The van der Waals surface area contributed by atoms with Gasteiger partial charge in [0.15, 0.2) is 11.5 Å². The van der Waals surface area contributed by atoms with Gasteiger partial charge in [0.1, 0.15) is 22.2 Å². The molecule has 5 rings (SSSR count). The Kier molecular flexibility index (Phi) is 9.49. The van der Waals surface area contributed by atoms with E-state index in [1.807, 2.05) is 49.4 Å². The maximum absolute atomic E-state index is 13.9. The van der Waals surface area contributed by atoms with Gasteiger partial charge in [0.25, 0.3) is 5.91 Å². The molecule has 1 aliphatic carbocycles. The molecule has 11 nitrogen and oxygen atoms in total. The number of aliphatic hydroxyl groups is 2. The Bertz CT molecular complexity index is 1730. The standard InChI is InChI=1S/C32H33ClN8O3/c1-31(33)26(24-6-3-2-4-7-24)8-5-11-32(31,39-29(44)27-10-9-22(20-37-27)18-35-12-14-42)30-38-28-25(17-34)16-23(19-36-13-15-43)21-41(28)40-30/h2-11,16,20-21,35-36,42-43H,12-15,18-19H2,1H3,(H,39,44). The molecule has 0 saturated heterocycles. The minimum absolute atomic E-state index is 0.0147. The first kappa shape index (κ1) is 31.0. The van der Waals surface area contributed by atoms with Crippen LogP contribution in [0.15, 0.2) is 79.2 Å². The van der Waals surface area contributed by atoms with Crippen molar-refractivity contribution in [3.8, 4) is 6.07 Å². The summed E-state index contributed by atoms with van der Waals surface area (Å²) in [6, 6.07) is 17.0. The highest BCUT2D eigenvalue weighted by molar-refractivity contribution is 6.32. The van der Waals surface area contributed by atoms with Gasteiger partial charge < -0.3 is 26.2 Å². The molecular formula is C32H33ClN8O3. The lowest BCUT2D eigenvalue weighted by atomic mass is 9.73. The van der Waals surface area contributed by atoms with Gasteiger partial charge in [0, 0.05) is 38.6 Å². The maximum Gasteiger partial charge on any atom is 0.270 e. The Balaban J connectivity index is 1.59. The largest absolute Gasteiger partial charge is 0.395 e. The molecule has 226 valence electrons. The zero-order valence-corrected chi connectivity index (χ0v) is 24.9. The van der Waals surface area contributed by atoms with Crippen molar-refractivity contribution in [1.82, 2.24) is 35.5 Å². The quantitative estimate of drug-likeness (QED) is 0.120. The number of halogens is 1. The van der Waals surface area contributed by atoms with Crippen LogP contribution in [0.5, 0.6) is 0 Å². The van der Waals surface area contributed by atoms with Crippen LogP contribution in [-0.2, 0) is 18.6 Å². The molecule has 0 aliphatic heterocycles. The normalized spacial score (nSPS) is 19.5. The number of hydrogen-bond acceptors (Lipinski definition) is 9. The van der Waals surface area contributed by atoms with Gasteiger partial charge in [-0.05, 0) is 47.4 Å². The van der Waals surface area contributed by atoms with Gasteiger partial charge in [-0.2, -0.15) is 5.26 Å². The highest BCUT2D eigenvalue weighted by Crippen LogP contribution is 2.49. The van der Waals surface area contributed by atoms with Crippen molar-refractivity contribution >= 4 is 28.7 Å². The third kappa shape index (κ3) is 6.12. The number of aliphatic hydroxyl groups excluding tert-OH is 2. The molecule has 0 bridgehead atoms.